The molecule has 2 rings (SSSR count). The highest BCUT2D eigenvalue weighted by Crippen LogP contribution is 2.22. The number of benzene rings is 1. The normalized spacial score (nSPS) is 10.5. The number of aryl methyl sites for hydroxylation is 1. The van der Waals surface area contributed by atoms with Gasteiger partial charge in [0.25, 0.3) is 5.91 Å². The second-order valence-corrected chi connectivity index (χ2v) is 5.49. The number of nitrogens with zero attached hydrogens (tertiary/aromatic N) is 3. The molecular weight excluding hydrogens is 314 g/mol. The highest BCUT2D eigenvalue weighted by Gasteiger charge is 2.16. The van der Waals surface area contributed by atoms with Crippen LogP contribution < -0.4 is 5.32 Å². The first-order chi connectivity index (χ1) is 11.4. The van der Waals surface area contributed by atoms with Gasteiger partial charge in [0.15, 0.2) is 0 Å². The van der Waals surface area contributed by atoms with Gasteiger partial charge in [-0.05, 0) is 25.5 Å². The van der Waals surface area contributed by atoms with Crippen LogP contribution in [0.1, 0.15) is 36.1 Å². The standard InChI is InChI=1S/C17H20F2N4O/c1-4-5-9-23(3)17(24)14-10-15(21-11(2)20-14)22-16-12(18)7-6-8-13(16)19/h6-8,10H,4-5,9H2,1-3H3,(H,20,21,22). The van der Waals surface area contributed by atoms with E-state index in [2.05, 4.69) is 15.3 Å². The van der Waals surface area contributed by atoms with Crippen LogP contribution in [0.2, 0.25) is 0 Å². The first kappa shape index (κ1) is 17.8. The summed E-state index contributed by atoms with van der Waals surface area (Å²) in [6.07, 6.45) is 1.86. The highest BCUT2D eigenvalue weighted by molar-refractivity contribution is 5.93. The second-order valence-electron chi connectivity index (χ2n) is 5.49. The Morgan fingerprint density at radius 2 is 1.92 bits per heavy atom. The number of unbranched alkanes of at least 4 members (excludes halogenated alkanes) is 1. The van der Waals surface area contributed by atoms with Gasteiger partial charge in [0.1, 0.15) is 34.7 Å². The number of hydrogen-bond donors (Lipinski definition) is 1. The Hall–Kier alpha value is -2.57. The first-order valence-electron chi connectivity index (χ1n) is 7.74. The Morgan fingerprint density at radius 1 is 1.25 bits per heavy atom. The zero-order valence-electron chi connectivity index (χ0n) is 13.9. The van der Waals surface area contributed by atoms with Crippen LogP contribution in [0.5, 0.6) is 0 Å². The van der Waals surface area contributed by atoms with Crippen molar-refractivity contribution in [2.45, 2.75) is 26.7 Å². The summed E-state index contributed by atoms with van der Waals surface area (Å²) in [5, 5.41) is 2.59. The topological polar surface area (TPSA) is 58.1 Å². The van der Waals surface area contributed by atoms with Crippen molar-refractivity contribution in [3.63, 3.8) is 0 Å². The van der Waals surface area contributed by atoms with E-state index in [1.54, 1.807) is 18.9 Å². The molecule has 1 aromatic carbocycles. The Morgan fingerprint density at radius 3 is 2.54 bits per heavy atom. The third-order valence-corrected chi connectivity index (χ3v) is 3.47. The number of nitrogens with one attached hydrogen (secondary N) is 1. The number of halogens is 2. The summed E-state index contributed by atoms with van der Waals surface area (Å²) in [6.45, 7) is 4.27. The zero-order valence-corrected chi connectivity index (χ0v) is 13.9. The molecule has 1 N–H and O–H groups in total. The van der Waals surface area contributed by atoms with E-state index in [1.165, 1.54) is 12.1 Å². The summed E-state index contributed by atoms with van der Waals surface area (Å²) < 4.78 is 27.5. The fourth-order valence-electron chi connectivity index (χ4n) is 2.18. The van der Waals surface area contributed by atoms with Crippen molar-refractivity contribution in [2.24, 2.45) is 0 Å². The quantitative estimate of drug-likeness (QED) is 0.875. The van der Waals surface area contributed by atoms with E-state index in [0.29, 0.717) is 12.4 Å². The Balaban J connectivity index is 2.27. The van der Waals surface area contributed by atoms with Crippen LogP contribution in [0.25, 0.3) is 0 Å². The van der Waals surface area contributed by atoms with E-state index in [0.717, 1.165) is 25.0 Å². The van der Waals surface area contributed by atoms with Crippen LogP contribution in [0.4, 0.5) is 20.3 Å². The van der Waals surface area contributed by atoms with Gasteiger partial charge in [-0.1, -0.05) is 19.4 Å². The molecule has 1 aromatic heterocycles. The number of aromatic nitrogens is 2. The minimum absolute atomic E-state index is 0.166. The summed E-state index contributed by atoms with van der Waals surface area (Å²) in [6, 6.07) is 4.95. The maximum Gasteiger partial charge on any atom is 0.272 e. The minimum Gasteiger partial charge on any atom is -0.340 e. The van der Waals surface area contributed by atoms with Gasteiger partial charge in [-0.3, -0.25) is 4.79 Å². The van der Waals surface area contributed by atoms with Crippen molar-refractivity contribution in [3.05, 3.63) is 47.4 Å². The zero-order chi connectivity index (χ0) is 17.7. The van der Waals surface area contributed by atoms with Gasteiger partial charge in [-0.25, -0.2) is 18.7 Å². The molecule has 0 aliphatic rings. The van der Waals surface area contributed by atoms with E-state index >= 15 is 0 Å². The third kappa shape index (κ3) is 4.24. The molecule has 0 bridgehead atoms. The molecule has 0 aliphatic heterocycles. The number of amides is 1. The predicted octanol–water partition coefficient (Wildman–Crippen LogP) is 3.68. The largest absolute Gasteiger partial charge is 0.340 e. The van der Waals surface area contributed by atoms with Gasteiger partial charge >= 0.3 is 0 Å². The number of hydrogen-bond acceptors (Lipinski definition) is 4. The lowest BCUT2D eigenvalue weighted by Crippen LogP contribution is -2.28. The molecule has 128 valence electrons. The van der Waals surface area contributed by atoms with E-state index in [9.17, 15) is 13.6 Å². The first-order valence-corrected chi connectivity index (χ1v) is 7.74. The van der Waals surface area contributed by atoms with E-state index in [4.69, 9.17) is 0 Å². The lowest BCUT2D eigenvalue weighted by atomic mass is 10.2. The highest BCUT2D eigenvalue weighted by atomic mass is 19.1. The maximum absolute atomic E-state index is 13.7. The Kier molecular flexibility index (Phi) is 5.78. The summed E-state index contributed by atoms with van der Waals surface area (Å²) >= 11 is 0. The number of carbonyl (C=O) groups is 1. The van der Waals surface area contributed by atoms with Crippen LogP contribution in [0.15, 0.2) is 24.3 Å². The monoisotopic (exact) mass is 334 g/mol. The van der Waals surface area contributed by atoms with Crippen molar-refractivity contribution < 1.29 is 13.6 Å². The lowest BCUT2D eigenvalue weighted by molar-refractivity contribution is 0.0787. The van der Waals surface area contributed by atoms with E-state index < -0.39 is 11.6 Å². The molecule has 0 spiro atoms. The average molecular weight is 334 g/mol. The number of rotatable bonds is 6. The summed E-state index contributed by atoms with van der Waals surface area (Å²) in [4.78, 5) is 22.2. The minimum atomic E-state index is -0.737. The fourth-order valence-corrected chi connectivity index (χ4v) is 2.18. The molecule has 0 radical (unpaired) electrons. The van der Waals surface area contributed by atoms with Gasteiger partial charge in [0, 0.05) is 19.7 Å². The van der Waals surface area contributed by atoms with Gasteiger partial charge in [-0.15, -0.1) is 0 Å². The van der Waals surface area contributed by atoms with Gasteiger partial charge in [0.05, 0.1) is 0 Å². The summed E-state index contributed by atoms with van der Waals surface area (Å²) in [5.74, 6) is -1.23. The SMILES string of the molecule is CCCCN(C)C(=O)c1cc(Nc2c(F)cccc2F)nc(C)n1. The molecule has 24 heavy (non-hydrogen) atoms. The van der Waals surface area contributed by atoms with Crippen molar-refractivity contribution in [2.75, 3.05) is 18.9 Å². The molecule has 5 nitrogen and oxygen atoms in total. The fraction of sp³-hybridized carbons (Fsp3) is 0.353. The van der Waals surface area contributed by atoms with Crippen LogP contribution in [0, 0.1) is 18.6 Å². The van der Waals surface area contributed by atoms with E-state index in [-0.39, 0.29) is 23.1 Å². The molecule has 0 unspecified atom stereocenters. The van der Waals surface area contributed by atoms with Crippen LogP contribution in [0.3, 0.4) is 0 Å². The van der Waals surface area contributed by atoms with Crippen LogP contribution in [-0.2, 0) is 0 Å². The number of anilines is 2. The average Bonchev–Trinajstić information content (AvgIpc) is 2.55. The molecule has 0 atom stereocenters. The molecule has 1 heterocycles. The van der Waals surface area contributed by atoms with Crippen molar-refractivity contribution >= 4 is 17.4 Å². The van der Waals surface area contributed by atoms with Gasteiger partial charge < -0.3 is 10.2 Å². The molecule has 0 saturated heterocycles. The van der Waals surface area contributed by atoms with Gasteiger partial charge in [0.2, 0.25) is 0 Å². The molecule has 0 saturated carbocycles. The molecular formula is C17H20F2N4O. The summed E-state index contributed by atoms with van der Waals surface area (Å²) in [7, 11) is 1.69. The maximum atomic E-state index is 13.7. The summed E-state index contributed by atoms with van der Waals surface area (Å²) in [5.41, 5.74) is -0.131. The number of para-hydroxylation sites is 1. The lowest BCUT2D eigenvalue weighted by Gasteiger charge is -2.17. The van der Waals surface area contributed by atoms with Crippen molar-refractivity contribution in [1.82, 2.24) is 14.9 Å². The Labute approximate surface area is 139 Å². The molecule has 0 fully saturated rings. The van der Waals surface area contributed by atoms with Crippen molar-refractivity contribution in [3.8, 4) is 0 Å². The third-order valence-electron chi connectivity index (χ3n) is 3.47. The van der Waals surface area contributed by atoms with Gasteiger partial charge in [-0.2, -0.15) is 0 Å². The van der Waals surface area contributed by atoms with E-state index in [1.807, 2.05) is 6.92 Å². The van der Waals surface area contributed by atoms with Crippen LogP contribution in [-0.4, -0.2) is 34.4 Å². The molecule has 7 heteroatoms. The van der Waals surface area contributed by atoms with Crippen LogP contribution >= 0.6 is 0 Å². The second kappa shape index (κ2) is 7.81. The molecule has 2 aromatic rings. The Bertz CT molecular complexity index is 716. The number of carbonyl (C=O) groups excluding carboxylic acids is 1. The predicted molar refractivity (Wildman–Crippen MR) is 88.3 cm³/mol. The van der Waals surface area contributed by atoms with Crippen molar-refractivity contribution in [1.29, 1.82) is 0 Å². The molecule has 1 amide bonds. The smallest absolute Gasteiger partial charge is 0.272 e. The molecule has 0 aliphatic carbocycles.